The highest BCUT2D eigenvalue weighted by atomic mass is 32.1. The highest BCUT2D eigenvalue weighted by molar-refractivity contribution is 7.18. The number of piperidine rings is 1. The number of thiophene rings is 1. The van der Waals surface area contributed by atoms with E-state index >= 15 is 0 Å². The number of nitrogens with zero attached hydrogens (tertiary/aromatic N) is 8. The van der Waals surface area contributed by atoms with Gasteiger partial charge in [0.25, 0.3) is 0 Å². The van der Waals surface area contributed by atoms with E-state index in [0.29, 0.717) is 34.8 Å². The van der Waals surface area contributed by atoms with Gasteiger partial charge in [-0.15, -0.1) is 16.4 Å². The van der Waals surface area contributed by atoms with Crippen LogP contribution in [0.5, 0.6) is 0 Å². The Kier molecular flexibility index (Phi) is 7.12. The van der Waals surface area contributed by atoms with Crippen molar-refractivity contribution in [2.75, 3.05) is 18.4 Å². The van der Waals surface area contributed by atoms with Gasteiger partial charge in [-0.25, -0.2) is 9.97 Å². The van der Waals surface area contributed by atoms with Crippen molar-refractivity contribution < 1.29 is 13.2 Å². The standard InChI is InChI=1S/C27H26F3N9S/c28-27(29,30)14-22-13-23-25(32-17-33-26(23)40-22)35-20-3-6-37(7-4-20)16-18-1-2-24-19(11-18)12-21(15-31)39(24)10-9-38-8-5-34-36-38/h1-2,5,8,11-13,17,20H,3-4,6-7,9-10,14,16H2,(H,32,33,35). The zero-order valence-electron chi connectivity index (χ0n) is 21.5. The summed E-state index contributed by atoms with van der Waals surface area (Å²) in [6, 6.07) is 12.3. The molecule has 0 aliphatic carbocycles. The van der Waals surface area contributed by atoms with E-state index in [1.54, 1.807) is 23.1 Å². The maximum atomic E-state index is 12.9. The Labute approximate surface area is 231 Å². The van der Waals surface area contributed by atoms with Gasteiger partial charge in [-0.3, -0.25) is 9.58 Å². The molecule has 4 aromatic heterocycles. The smallest absolute Gasteiger partial charge is 0.367 e. The fourth-order valence-electron chi connectivity index (χ4n) is 5.30. The van der Waals surface area contributed by atoms with Gasteiger partial charge in [-0.1, -0.05) is 11.3 Å². The minimum absolute atomic E-state index is 0.181. The van der Waals surface area contributed by atoms with E-state index in [-0.39, 0.29) is 10.9 Å². The van der Waals surface area contributed by atoms with Gasteiger partial charge in [0.05, 0.1) is 24.5 Å². The first kappa shape index (κ1) is 26.2. The number of aromatic nitrogens is 6. The molecular weight excluding hydrogens is 539 g/mol. The molecule has 13 heteroatoms. The summed E-state index contributed by atoms with van der Waals surface area (Å²) < 4.78 is 42.3. The largest absolute Gasteiger partial charge is 0.393 e. The maximum absolute atomic E-state index is 12.9. The van der Waals surface area contributed by atoms with E-state index in [0.717, 1.165) is 54.7 Å². The van der Waals surface area contributed by atoms with Crippen LogP contribution in [0, 0.1) is 11.3 Å². The summed E-state index contributed by atoms with van der Waals surface area (Å²) in [4.78, 5) is 11.7. The van der Waals surface area contributed by atoms with Crippen LogP contribution in [0.2, 0.25) is 0 Å². The Hall–Kier alpha value is -4.02. The Balaban J connectivity index is 1.08. The van der Waals surface area contributed by atoms with Crippen molar-refractivity contribution in [3.05, 3.63) is 65.2 Å². The fourth-order valence-corrected chi connectivity index (χ4v) is 6.33. The van der Waals surface area contributed by atoms with Gasteiger partial charge in [-0.2, -0.15) is 18.4 Å². The number of hydrogen-bond donors (Lipinski definition) is 1. The Morgan fingerprint density at radius 2 is 1.95 bits per heavy atom. The number of likely N-dealkylation sites (tertiary alicyclic amines) is 1. The average Bonchev–Trinajstić information content (AvgIpc) is 3.66. The third-order valence-electron chi connectivity index (χ3n) is 7.19. The molecule has 1 aromatic carbocycles. The van der Waals surface area contributed by atoms with Gasteiger partial charge in [-0.05, 0) is 42.7 Å². The lowest BCUT2D eigenvalue weighted by Crippen LogP contribution is -2.38. The van der Waals surface area contributed by atoms with Crippen molar-refractivity contribution >= 4 is 38.3 Å². The molecule has 0 radical (unpaired) electrons. The maximum Gasteiger partial charge on any atom is 0.393 e. The minimum atomic E-state index is -4.25. The number of anilines is 1. The summed E-state index contributed by atoms with van der Waals surface area (Å²) in [7, 11) is 0. The summed E-state index contributed by atoms with van der Waals surface area (Å²) in [5.41, 5.74) is 2.82. The van der Waals surface area contributed by atoms with E-state index < -0.39 is 12.6 Å². The van der Waals surface area contributed by atoms with Gasteiger partial charge in [0, 0.05) is 54.2 Å². The van der Waals surface area contributed by atoms with E-state index in [2.05, 4.69) is 54.8 Å². The average molecular weight is 566 g/mol. The molecule has 6 rings (SSSR count). The van der Waals surface area contributed by atoms with Gasteiger partial charge in [0.1, 0.15) is 28.7 Å². The highest BCUT2D eigenvalue weighted by Crippen LogP contribution is 2.33. The molecule has 1 N–H and O–H groups in total. The molecule has 40 heavy (non-hydrogen) atoms. The number of alkyl halides is 3. The van der Waals surface area contributed by atoms with Crippen LogP contribution in [-0.2, 0) is 26.1 Å². The summed E-state index contributed by atoms with van der Waals surface area (Å²) in [5, 5.41) is 22.6. The Morgan fingerprint density at radius 3 is 2.70 bits per heavy atom. The molecule has 1 aliphatic heterocycles. The molecule has 0 amide bonds. The second-order valence-electron chi connectivity index (χ2n) is 9.99. The first-order chi connectivity index (χ1) is 19.3. The number of nitrogens with one attached hydrogen (secondary N) is 1. The molecule has 5 aromatic rings. The molecule has 5 heterocycles. The van der Waals surface area contributed by atoms with Gasteiger partial charge in [0.2, 0.25) is 0 Å². The number of benzene rings is 1. The predicted octanol–water partition coefficient (Wildman–Crippen LogP) is 4.99. The topological polar surface area (TPSA) is 100 Å². The summed E-state index contributed by atoms with van der Waals surface area (Å²) in [6.07, 6.45) is 1.43. The van der Waals surface area contributed by atoms with Crippen molar-refractivity contribution in [3.8, 4) is 6.07 Å². The van der Waals surface area contributed by atoms with Gasteiger partial charge in [0.15, 0.2) is 0 Å². The first-order valence-corrected chi connectivity index (χ1v) is 13.8. The summed E-state index contributed by atoms with van der Waals surface area (Å²) >= 11 is 1.06. The quantitative estimate of drug-likeness (QED) is 0.283. The second-order valence-corrected chi connectivity index (χ2v) is 11.1. The molecule has 9 nitrogen and oxygen atoms in total. The summed E-state index contributed by atoms with van der Waals surface area (Å²) in [6.45, 7) is 3.83. The fraction of sp³-hybridized carbons (Fsp3) is 0.370. The lowest BCUT2D eigenvalue weighted by atomic mass is 10.0. The normalized spacial score (nSPS) is 15.2. The van der Waals surface area contributed by atoms with E-state index in [1.165, 1.54) is 11.9 Å². The third-order valence-corrected chi connectivity index (χ3v) is 8.24. The molecule has 0 saturated carbocycles. The number of nitriles is 1. The number of halogens is 3. The number of fused-ring (bicyclic) bond motifs is 2. The zero-order valence-corrected chi connectivity index (χ0v) is 22.3. The van der Waals surface area contributed by atoms with E-state index in [9.17, 15) is 18.4 Å². The number of aryl methyl sites for hydroxylation is 2. The van der Waals surface area contributed by atoms with Crippen LogP contribution >= 0.6 is 11.3 Å². The third kappa shape index (κ3) is 5.78. The van der Waals surface area contributed by atoms with Crippen LogP contribution in [0.4, 0.5) is 19.0 Å². The van der Waals surface area contributed by atoms with Crippen LogP contribution < -0.4 is 5.32 Å². The molecule has 0 atom stereocenters. The second kappa shape index (κ2) is 10.9. The van der Waals surface area contributed by atoms with Crippen LogP contribution in [-0.4, -0.2) is 59.7 Å². The number of hydrogen-bond acceptors (Lipinski definition) is 8. The SMILES string of the molecule is N#Cc1cc2cc(CN3CCC(Nc4ncnc5sc(CC(F)(F)F)cc45)CC3)ccc2n1CCn1ccnn1. The zero-order chi connectivity index (χ0) is 27.7. The highest BCUT2D eigenvalue weighted by Gasteiger charge is 2.29. The summed E-state index contributed by atoms with van der Waals surface area (Å²) in [5.74, 6) is 0.597. The van der Waals surface area contributed by atoms with Crippen molar-refractivity contribution in [3.63, 3.8) is 0 Å². The van der Waals surface area contributed by atoms with E-state index in [1.807, 2.05) is 10.6 Å². The van der Waals surface area contributed by atoms with E-state index in [4.69, 9.17) is 0 Å². The van der Waals surface area contributed by atoms with Gasteiger partial charge < -0.3 is 9.88 Å². The molecule has 1 saturated heterocycles. The van der Waals surface area contributed by atoms with Crippen LogP contribution in [0.25, 0.3) is 21.1 Å². The van der Waals surface area contributed by atoms with Gasteiger partial charge >= 0.3 is 6.18 Å². The molecular formula is C27H26F3N9S. The molecule has 0 unspecified atom stereocenters. The first-order valence-electron chi connectivity index (χ1n) is 13.0. The predicted molar refractivity (Wildman–Crippen MR) is 146 cm³/mol. The monoisotopic (exact) mass is 565 g/mol. The Bertz CT molecular complexity index is 1660. The molecule has 1 aliphatic rings. The molecule has 206 valence electrons. The van der Waals surface area contributed by atoms with Crippen molar-refractivity contribution in [2.45, 2.75) is 51.1 Å². The van der Waals surface area contributed by atoms with Crippen molar-refractivity contribution in [2.24, 2.45) is 0 Å². The lowest BCUT2D eigenvalue weighted by Gasteiger charge is -2.32. The number of rotatable bonds is 8. The van der Waals surface area contributed by atoms with Crippen molar-refractivity contribution in [1.82, 2.24) is 34.4 Å². The minimum Gasteiger partial charge on any atom is -0.367 e. The molecule has 0 spiro atoms. The lowest BCUT2D eigenvalue weighted by molar-refractivity contribution is -0.126. The van der Waals surface area contributed by atoms with Crippen molar-refractivity contribution in [1.29, 1.82) is 5.26 Å². The van der Waals surface area contributed by atoms with Crippen LogP contribution in [0.15, 0.2) is 49.1 Å². The Morgan fingerprint density at radius 1 is 1.10 bits per heavy atom. The molecule has 0 bridgehead atoms. The van der Waals surface area contributed by atoms with Crippen LogP contribution in [0.1, 0.15) is 29.0 Å². The van der Waals surface area contributed by atoms with Crippen LogP contribution in [0.3, 0.4) is 0 Å². The molecule has 1 fully saturated rings.